The zero-order chi connectivity index (χ0) is 25.7. The van der Waals surface area contributed by atoms with Gasteiger partial charge in [-0.2, -0.15) is 0 Å². The molecule has 0 unspecified atom stereocenters. The van der Waals surface area contributed by atoms with Crippen LogP contribution in [0, 0.1) is 0 Å². The SMILES string of the molecule is CN(C)CCN(C=O)c1ccc(-c2cccc(-c3cc(CN)cc(N4CCNCC4)c3)c2O)cc1Cl. The highest BCUT2D eigenvalue weighted by Gasteiger charge is 2.17. The number of carbonyl (C=O) groups excluding carboxylic acids is 1. The molecule has 3 aromatic carbocycles. The van der Waals surface area contributed by atoms with Gasteiger partial charge in [0.15, 0.2) is 0 Å². The largest absolute Gasteiger partial charge is 0.507 e. The van der Waals surface area contributed by atoms with E-state index in [0.29, 0.717) is 29.4 Å². The molecule has 1 amide bonds. The first-order valence-corrected chi connectivity index (χ1v) is 12.6. The summed E-state index contributed by atoms with van der Waals surface area (Å²) in [4.78, 5) is 17.6. The number of hydrogen-bond acceptors (Lipinski definition) is 6. The minimum Gasteiger partial charge on any atom is -0.507 e. The van der Waals surface area contributed by atoms with Crippen molar-refractivity contribution < 1.29 is 9.90 Å². The van der Waals surface area contributed by atoms with Gasteiger partial charge in [0.1, 0.15) is 5.75 Å². The van der Waals surface area contributed by atoms with Gasteiger partial charge in [-0.15, -0.1) is 0 Å². The van der Waals surface area contributed by atoms with Crippen molar-refractivity contribution in [3.8, 4) is 28.0 Å². The van der Waals surface area contributed by atoms with Crippen LogP contribution in [0.15, 0.2) is 54.6 Å². The van der Waals surface area contributed by atoms with E-state index in [1.165, 1.54) is 0 Å². The molecule has 0 aromatic heterocycles. The highest BCUT2D eigenvalue weighted by molar-refractivity contribution is 6.34. The number of phenols is 1. The molecule has 4 rings (SSSR count). The van der Waals surface area contributed by atoms with E-state index in [2.05, 4.69) is 22.3 Å². The van der Waals surface area contributed by atoms with Gasteiger partial charge in [0.25, 0.3) is 0 Å². The second kappa shape index (κ2) is 11.8. The van der Waals surface area contributed by atoms with Gasteiger partial charge in [-0.25, -0.2) is 0 Å². The van der Waals surface area contributed by atoms with Crippen LogP contribution in [0.1, 0.15) is 5.56 Å². The first kappa shape index (κ1) is 26.0. The van der Waals surface area contributed by atoms with E-state index in [0.717, 1.165) is 67.1 Å². The van der Waals surface area contributed by atoms with Crippen molar-refractivity contribution in [2.75, 3.05) is 63.2 Å². The molecule has 0 atom stereocenters. The average Bonchev–Trinajstić information content (AvgIpc) is 2.90. The predicted octanol–water partition coefficient (Wildman–Crippen LogP) is 3.77. The highest BCUT2D eigenvalue weighted by Crippen LogP contribution is 2.41. The molecule has 1 heterocycles. The molecule has 8 heteroatoms. The Labute approximate surface area is 218 Å². The third kappa shape index (κ3) is 5.82. The maximum atomic E-state index is 11.7. The third-order valence-electron chi connectivity index (χ3n) is 6.53. The van der Waals surface area contributed by atoms with Gasteiger partial charge in [0.2, 0.25) is 6.41 Å². The van der Waals surface area contributed by atoms with Gasteiger partial charge in [0.05, 0.1) is 10.7 Å². The van der Waals surface area contributed by atoms with Crippen molar-refractivity contribution in [3.63, 3.8) is 0 Å². The number of nitrogens with zero attached hydrogens (tertiary/aromatic N) is 3. The topological polar surface area (TPSA) is 85.1 Å². The van der Waals surface area contributed by atoms with Crippen LogP contribution in [0.25, 0.3) is 22.3 Å². The zero-order valence-electron chi connectivity index (χ0n) is 20.9. The van der Waals surface area contributed by atoms with E-state index < -0.39 is 0 Å². The normalized spacial score (nSPS) is 13.8. The van der Waals surface area contributed by atoms with Crippen molar-refractivity contribution in [3.05, 3.63) is 65.2 Å². The number of nitrogens with one attached hydrogen (secondary N) is 1. The van der Waals surface area contributed by atoms with Crippen LogP contribution in [-0.2, 0) is 11.3 Å². The smallest absolute Gasteiger partial charge is 0.214 e. The van der Waals surface area contributed by atoms with Gasteiger partial charge in [-0.1, -0.05) is 35.9 Å². The van der Waals surface area contributed by atoms with Crippen LogP contribution >= 0.6 is 11.6 Å². The molecule has 7 nitrogen and oxygen atoms in total. The summed E-state index contributed by atoms with van der Waals surface area (Å²) in [6.07, 6.45) is 0.795. The number of piperazine rings is 1. The van der Waals surface area contributed by atoms with E-state index in [1.54, 1.807) is 11.0 Å². The number of benzene rings is 3. The Morgan fingerprint density at radius 2 is 1.75 bits per heavy atom. The second-order valence-corrected chi connectivity index (χ2v) is 9.71. The molecule has 1 saturated heterocycles. The van der Waals surface area contributed by atoms with E-state index in [-0.39, 0.29) is 5.75 Å². The number of para-hydroxylation sites is 1. The second-order valence-electron chi connectivity index (χ2n) is 9.30. The Kier molecular flexibility index (Phi) is 8.48. The van der Waals surface area contributed by atoms with Crippen LogP contribution in [0.3, 0.4) is 0 Å². The van der Waals surface area contributed by atoms with Crippen molar-refractivity contribution in [1.82, 2.24) is 10.2 Å². The molecule has 0 spiro atoms. The van der Waals surface area contributed by atoms with E-state index in [9.17, 15) is 9.90 Å². The summed E-state index contributed by atoms with van der Waals surface area (Å²) >= 11 is 6.60. The number of amides is 1. The number of hydrogen-bond donors (Lipinski definition) is 3. The lowest BCUT2D eigenvalue weighted by Gasteiger charge is -2.30. The number of halogens is 1. The molecule has 0 saturated carbocycles. The maximum Gasteiger partial charge on any atom is 0.214 e. The van der Waals surface area contributed by atoms with Crippen molar-refractivity contribution in [2.24, 2.45) is 5.73 Å². The van der Waals surface area contributed by atoms with Crippen LogP contribution in [0.4, 0.5) is 11.4 Å². The summed E-state index contributed by atoms with van der Waals surface area (Å²) in [5.74, 6) is 0.182. The quantitative estimate of drug-likeness (QED) is 0.382. The molecule has 0 radical (unpaired) electrons. The molecule has 4 N–H and O–H groups in total. The predicted molar refractivity (Wildman–Crippen MR) is 149 cm³/mol. The number of likely N-dealkylation sites (N-methyl/N-ethyl adjacent to an activating group) is 1. The van der Waals surface area contributed by atoms with Crippen molar-refractivity contribution >= 4 is 29.4 Å². The van der Waals surface area contributed by atoms with Gasteiger partial charge in [0, 0.05) is 62.6 Å². The lowest BCUT2D eigenvalue weighted by Crippen LogP contribution is -2.43. The molecule has 1 aliphatic rings. The number of carbonyl (C=O) groups is 1. The fraction of sp³-hybridized carbons (Fsp3) is 0.321. The summed E-state index contributed by atoms with van der Waals surface area (Å²) in [5.41, 5.74) is 11.9. The van der Waals surface area contributed by atoms with Crippen LogP contribution in [0.2, 0.25) is 5.02 Å². The number of phenolic OH excluding ortho intramolecular Hbond substituents is 1. The van der Waals surface area contributed by atoms with E-state index >= 15 is 0 Å². The first-order chi connectivity index (χ1) is 17.4. The summed E-state index contributed by atoms with van der Waals surface area (Å²) in [7, 11) is 3.92. The molecular weight excluding hydrogens is 474 g/mol. The first-order valence-electron chi connectivity index (χ1n) is 12.2. The van der Waals surface area contributed by atoms with Crippen LogP contribution < -0.4 is 20.9 Å². The lowest BCUT2D eigenvalue weighted by atomic mass is 9.95. The standard InChI is InChI=1S/C28H34ClN5O2/c1-32(2)12-13-34(19-35)27-7-6-21(17-26(27)29)24-4-3-5-25(28(24)36)22-14-20(18-30)15-23(16-22)33-10-8-31-9-11-33/h3-7,14-17,19,31,36H,8-13,18,30H2,1-2H3. The summed E-state index contributed by atoms with van der Waals surface area (Å²) < 4.78 is 0. The Hall–Kier alpha value is -3.10. The number of rotatable bonds is 9. The molecule has 190 valence electrons. The molecule has 1 fully saturated rings. The molecular formula is C28H34ClN5O2. The van der Waals surface area contributed by atoms with Crippen molar-refractivity contribution in [2.45, 2.75) is 6.54 Å². The average molecular weight is 508 g/mol. The zero-order valence-corrected chi connectivity index (χ0v) is 21.6. The highest BCUT2D eigenvalue weighted by atomic mass is 35.5. The van der Waals surface area contributed by atoms with Crippen LogP contribution in [-0.4, -0.2) is 69.8 Å². The van der Waals surface area contributed by atoms with Crippen molar-refractivity contribution in [1.29, 1.82) is 0 Å². The van der Waals surface area contributed by atoms with E-state index in [1.807, 2.05) is 55.4 Å². The number of nitrogens with two attached hydrogens (primary N) is 1. The monoisotopic (exact) mass is 507 g/mol. The molecule has 0 bridgehead atoms. The fourth-order valence-electron chi connectivity index (χ4n) is 4.51. The maximum absolute atomic E-state index is 11.7. The summed E-state index contributed by atoms with van der Waals surface area (Å²) in [6.45, 7) is 5.41. The Morgan fingerprint density at radius 1 is 1.03 bits per heavy atom. The molecule has 1 aliphatic heterocycles. The fourth-order valence-corrected chi connectivity index (χ4v) is 4.80. The van der Waals surface area contributed by atoms with Gasteiger partial charge in [-0.3, -0.25) is 4.79 Å². The summed E-state index contributed by atoms with van der Waals surface area (Å²) in [5, 5.41) is 15.2. The molecule has 0 aliphatic carbocycles. The van der Waals surface area contributed by atoms with E-state index in [4.69, 9.17) is 17.3 Å². The lowest BCUT2D eigenvalue weighted by molar-refractivity contribution is -0.107. The van der Waals surface area contributed by atoms with Gasteiger partial charge in [-0.05, 0) is 61.1 Å². The minimum absolute atomic E-state index is 0.182. The Morgan fingerprint density at radius 3 is 2.39 bits per heavy atom. The van der Waals surface area contributed by atoms with Gasteiger partial charge >= 0.3 is 0 Å². The number of aromatic hydroxyl groups is 1. The molecule has 3 aromatic rings. The number of anilines is 2. The summed E-state index contributed by atoms with van der Waals surface area (Å²) in [6, 6.07) is 17.5. The Bertz CT molecular complexity index is 1210. The Balaban J connectivity index is 1.69. The third-order valence-corrected chi connectivity index (χ3v) is 6.83. The minimum atomic E-state index is 0.182. The van der Waals surface area contributed by atoms with Crippen LogP contribution in [0.5, 0.6) is 5.75 Å². The molecule has 36 heavy (non-hydrogen) atoms. The van der Waals surface area contributed by atoms with Gasteiger partial charge < -0.3 is 30.9 Å².